The molecular formula is C21H30. The summed E-state index contributed by atoms with van der Waals surface area (Å²) in [5.74, 6) is 2.46. The first-order valence-corrected chi connectivity index (χ1v) is 8.61. The lowest BCUT2D eigenvalue weighted by Crippen LogP contribution is -2.17. The smallest absolute Gasteiger partial charge is 0.0181 e. The fraction of sp³-hybridized carbons (Fsp3) is 0.524. The zero-order chi connectivity index (χ0) is 15.2. The van der Waals surface area contributed by atoms with Crippen molar-refractivity contribution in [2.45, 2.75) is 53.4 Å². The number of rotatable bonds is 7. The Hall–Kier alpha value is -1.30. The standard InChI is InChI=1S/C21H30/c1-5-16(3)13-21(17(4)6-2)15-18-11-12-19-9-7-8-10-20(19)14-18/h7-12,14,16-17,21H,5-6,13,15H2,1-4H3. The molecule has 0 N–H and O–H groups in total. The summed E-state index contributed by atoms with van der Waals surface area (Å²) in [6.45, 7) is 9.47. The Bertz CT molecular complexity index is 555. The summed E-state index contributed by atoms with van der Waals surface area (Å²) in [5, 5.41) is 2.73. The van der Waals surface area contributed by atoms with Gasteiger partial charge in [-0.25, -0.2) is 0 Å². The van der Waals surface area contributed by atoms with Crippen LogP contribution in [-0.2, 0) is 6.42 Å². The van der Waals surface area contributed by atoms with Crippen molar-refractivity contribution in [3.8, 4) is 0 Å². The molecule has 2 rings (SSSR count). The van der Waals surface area contributed by atoms with Gasteiger partial charge in [-0.3, -0.25) is 0 Å². The van der Waals surface area contributed by atoms with E-state index in [9.17, 15) is 0 Å². The van der Waals surface area contributed by atoms with E-state index in [2.05, 4.69) is 70.2 Å². The average molecular weight is 282 g/mol. The van der Waals surface area contributed by atoms with Crippen molar-refractivity contribution in [2.75, 3.05) is 0 Å². The van der Waals surface area contributed by atoms with Crippen LogP contribution in [0.4, 0.5) is 0 Å². The Balaban J connectivity index is 2.17. The molecular weight excluding hydrogens is 252 g/mol. The van der Waals surface area contributed by atoms with Crippen LogP contribution in [0.3, 0.4) is 0 Å². The summed E-state index contributed by atoms with van der Waals surface area (Å²) >= 11 is 0. The van der Waals surface area contributed by atoms with E-state index in [1.54, 1.807) is 0 Å². The minimum Gasteiger partial charge on any atom is -0.0651 e. The number of fused-ring (bicyclic) bond motifs is 1. The van der Waals surface area contributed by atoms with E-state index in [4.69, 9.17) is 0 Å². The molecule has 0 aliphatic carbocycles. The maximum absolute atomic E-state index is 2.42. The topological polar surface area (TPSA) is 0 Å². The fourth-order valence-corrected chi connectivity index (χ4v) is 3.20. The second kappa shape index (κ2) is 7.64. The van der Waals surface area contributed by atoms with E-state index < -0.39 is 0 Å². The van der Waals surface area contributed by atoms with Gasteiger partial charge in [0.2, 0.25) is 0 Å². The molecule has 0 heterocycles. The molecule has 0 radical (unpaired) electrons. The van der Waals surface area contributed by atoms with Crippen LogP contribution >= 0.6 is 0 Å². The van der Waals surface area contributed by atoms with Crippen molar-refractivity contribution in [3.05, 3.63) is 48.0 Å². The molecule has 0 saturated carbocycles. The highest BCUT2D eigenvalue weighted by Gasteiger charge is 2.18. The second-order valence-electron chi connectivity index (χ2n) is 6.78. The molecule has 0 amide bonds. The third-order valence-electron chi connectivity index (χ3n) is 5.16. The molecule has 0 heteroatoms. The Morgan fingerprint density at radius 3 is 2.24 bits per heavy atom. The monoisotopic (exact) mass is 282 g/mol. The van der Waals surface area contributed by atoms with E-state index >= 15 is 0 Å². The van der Waals surface area contributed by atoms with Crippen LogP contribution in [0.1, 0.15) is 52.5 Å². The molecule has 2 aromatic rings. The zero-order valence-corrected chi connectivity index (χ0v) is 14.1. The van der Waals surface area contributed by atoms with E-state index in [-0.39, 0.29) is 0 Å². The highest BCUT2D eigenvalue weighted by molar-refractivity contribution is 5.82. The number of hydrogen-bond donors (Lipinski definition) is 0. The highest BCUT2D eigenvalue weighted by Crippen LogP contribution is 2.29. The predicted octanol–water partition coefficient (Wildman–Crippen LogP) is 6.48. The molecule has 0 spiro atoms. The van der Waals surface area contributed by atoms with E-state index in [1.807, 2.05) is 0 Å². The minimum atomic E-state index is 0.811. The molecule has 0 aliphatic rings. The molecule has 21 heavy (non-hydrogen) atoms. The predicted molar refractivity (Wildman–Crippen MR) is 94.7 cm³/mol. The van der Waals surface area contributed by atoms with Crippen LogP contribution in [0, 0.1) is 17.8 Å². The van der Waals surface area contributed by atoms with Gasteiger partial charge in [0.05, 0.1) is 0 Å². The van der Waals surface area contributed by atoms with Gasteiger partial charge in [-0.2, -0.15) is 0 Å². The molecule has 2 aromatic carbocycles. The van der Waals surface area contributed by atoms with Gasteiger partial charge in [-0.15, -0.1) is 0 Å². The number of benzene rings is 2. The van der Waals surface area contributed by atoms with Crippen molar-refractivity contribution >= 4 is 10.8 Å². The third kappa shape index (κ3) is 4.33. The van der Waals surface area contributed by atoms with E-state index in [1.165, 1.54) is 42.0 Å². The van der Waals surface area contributed by atoms with Gasteiger partial charge in [0.15, 0.2) is 0 Å². The largest absolute Gasteiger partial charge is 0.0651 e. The molecule has 0 bridgehead atoms. The van der Waals surface area contributed by atoms with Crippen molar-refractivity contribution in [1.29, 1.82) is 0 Å². The van der Waals surface area contributed by atoms with Gasteiger partial charge in [0.25, 0.3) is 0 Å². The summed E-state index contributed by atoms with van der Waals surface area (Å²) < 4.78 is 0. The minimum absolute atomic E-state index is 0.811. The Morgan fingerprint density at radius 2 is 1.57 bits per heavy atom. The quantitative estimate of drug-likeness (QED) is 0.545. The first-order chi connectivity index (χ1) is 10.1. The van der Waals surface area contributed by atoms with Crippen LogP contribution in [-0.4, -0.2) is 0 Å². The first kappa shape index (κ1) is 16.1. The van der Waals surface area contributed by atoms with Gasteiger partial charge in [-0.1, -0.05) is 83.0 Å². The molecule has 3 atom stereocenters. The van der Waals surface area contributed by atoms with Crippen molar-refractivity contribution in [1.82, 2.24) is 0 Å². The van der Waals surface area contributed by atoms with E-state index in [0.717, 1.165) is 17.8 Å². The maximum Gasteiger partial charge on any atom is -0.0181 e. The lowest BCUT2D eigenvalue weighted by molar-refractivity contribution is 0.279. The molecule has 114 valence electrons. The van der Waals surface area contributed by atoms with Crippen molar-refractivity contribution in [2.24, 2.45) is 17.8 Å². The molecule has 0 fully saturated rings. The second-order valence-corrected chi connectivity index (χ2v) is 6.78. The number of hydrogen-bond acceptors (Lipinski definition) is 0. The summed E-state index contributed by atoms with van der Waals surface area (Å²) in [6, 6.07) is 15.7. The fourth-order valence-electron chi connectivity index (χ4n) is 3.20. The Labute approximate surface area is 130 Å². The van der Waals surface area contributed by atoms with Crippen molar-refractivity contribution in [3.63, 3.8) is 0 Å². The van der Waals surface area contributed by atoms with Crippen LogP contribution in [0.25, 0.3) is 10.8 Å². The molecule has 3 unspecified atom stereocenters. The lowest BCUT2D eigenvalue weighted by Gasteiger charge is -2.26. The Kier molecular flexibility index (Phi) is 5.85. The zero-order valence-electron chi connectivity index (χ0n) is 14.1. The van der Waals surface area contributed by atoms with Crippen molar-refractivity contribution < 1.29 is 0 Å². The van der Waals surface area contributed by atoms with Gasteiger partial charge in [0, 0.05) is 0 Å². The summed E-state index contributed by atoms with van der Waals surface area (Å²) in [4.78, 5) is 0. The van der Waals surface area contributed by atoms with Gasteiger partial charge in [0.1, 0.15) is 0 Å². The first-order valence-electron chi connectivity index (χ1n) is 8.61. The summed E-state index contributed by atoms with van der Waals surface area (Å²) in [7, 11) is 0. The summed E-state index contributed by atoms with van der Waals surface area (Å²) in [6.07, 6.45) is 5.17. The summed E-state index contributed by atoms with van der Waals surface area (Å²) in [5.41, 5.74) is 1.50. The van der Waals surface area contributed by atoms with Gasteiger partial charge >= 0.3 is 0 Å². The SMILES string of the molecule is CCC(C)CC(Cc1ccc2ccccc2c1)C(C)CC. The lowest BCUT2D eigenvalue weighted by atomic mass is 9.80. The molecule has 0 aliphatic heterocycles. The molecule has 0 aromatic heterocycles. The van der Waals surface area contributed by atoms with Crippen LogP contribution in [0.5, 0.6) is 0 Å². The molecule has 0 saturated heterocycles. The Morgan fingerprint density at radius 1 is 0.857 bits per heavy atom. The normalized spacial score (nSPS) is 15.8. The molecule has 0 nitrogen and oxygen atoms in total. The van der Waals surface area contributed by atoms with E-state index in [0.29, 0.717) is 0 Å². The van der Waals surface area contributed by atoms with Crippen LogP contribution in [0.2, 0.25) is 0 Å². The van der Waals surface area contributed by atoms with Crippen LogP contribution < -0.4 is 0 Å². The average Bonchev–Trinajstić information content (AvgIpc) is 2.53. The van der Waals surface area contributed by atoms with Gasteiger partial charge < -0.3 is 0 Å². The van der Waals surface area contributed by atoms with Gasteiger partial charge in [-0.05, 0) is 46.9 Å². The maximum atomic E-state index is 2.42. The highest BCUT2D eigenvalue weighted by atomic mass is 14.2. The third-order valence-corrected chi connectivity index (χ3v) is 5.16. The van der Waals surface area contributed by atoms with Crippen LogP contribution in [0.15, 0.2) is 42.5 Å².